The average molecular weight is 649 g/mol. The maximum atomic E-state index is 10.0. The smallest absolute Gasteiger partial charge is 0.0983 e. The highest BCUT2D eigenvalue weighted by Crippen LogP contribution is 2.27. The summed E-state index contributed by atoms with van der Waals surface area (Å²) in [5, 5.41) is 10.0. The van der Waals surface area contributed by atoms with Crippen molar-refractivity contribution in [3.05, 3.63) is 83.2 Å². The van der Waals surface area contributed by atoms with Gasteiger partial charge in [-0.15, -0.1) is 0 Å². The number of hydrogen-bond acceptors (Lipinski definition) is 8. The lowest BCUT2D eigenvalue weighted by Crippen LogP contribution is -2.44. The van der Waals surface area contributed by atoms with E-state index in [1.165, 1.54) is 16.9 Å². The Balaban J connectivity index is 0.000000192. The second kappa shape index (κ2) is 19.8. The molecular formula is C39H60N4O4. The van der Waals surface area contributed by atoms with Crippen molar-refractivity contribution in [2.45, 2.75) is 110 Å². The molecule has 260 valence electrons. The summed E-state index contributed by atoms with van der Waals surface area (Å²) in [4.78, 5) is 15.7. The van der Waals surface area contributed by atoms with Gasteiger partial charge in [0.1, 0.15) is 0 Å². The molecule has 1 N–H and O–H groups in total. The van der Waals surface area contributed by atoms with Gasteiger partial charge in [-0.05, 0) is 86.6 Å². The Morgan fingerprint density at radius 3 is 2.17 bits per heavy atom. The number of anilines is 1. The van der Waals surface area contributed by atoms with E-state index in [-0.39, 0.29) is 6.10 Å². The number of pyridine rings is 3. The number of morpholine rings is 1. The molecule has 0 aromatic carbocycles. The Hall–Kier alpha value is -2.91. The molecule has 3 unspecified atom stereocenters. The monoisotopic (exact) mass is 648 g/mol. The Morgan fingerprint density at radius 1 is 0.915 bits per heavy atom. The number of aryl methyl sites for hydroxylation is 1. The van der Waals surface area contributed by atoms with E-state index in [2.05, 4.69) is 78.7 Å². The molecule has 2 saturated heterocycles. The van der Waals surface area contributed by atoms with Crippen LogP contribution in [0.15, 0.2) is 55.0 Å². The summed E-state index contributed by atoms with van der Waals surface area (Å²) in [6, 6.07) is 12.6. The highest BCUT2D eigenvalue weighted by molar-refractivity contribution is 5.45. The van der Waals surface area contributed by atoms with E-state index in [1.807, 2.05) is 38.4 Å². The zero-order valence-corrected chi connectivity index (χ0v) is 30.2. The van der Waals surface area contributed by atoms with Gasteiger partial charge in [0, 0.05) is 68.5 Å². The highest BCUT2D eigenvalue weighted by Gasteiger charge is 2.22. The quantitative estimate of drug-likeness (QED) is 0.238. The van der Waals surface area contributed by atoms with Crippen LogP contribution in [-0.2, 0) is 26.2 Å². The van der Waals surface area contributed by atoms with Gasteiger partial charge in [0.25, 0.3) is 0 Å². The van der Waals surface area contributed by atoms with Crippen LogP contribution in [0, 0.1) is 0 Å². The number of methoxy groups -OCH3 is 1. The van der Waals surface area contributed by atoms with Gasteiger partial charge in [0.05, 0.1) is 36.8 Å². The summed E-state index contributed by atoms with van der Waals surface area (Å²) in [6.07, 6.45) is 11.0. The molecule has 0 aliphatic carbocycles. The molecule has 5 heterocycles. The zero-order valence-electron chi connectivity index (χ0n) is 30.2. The molecule has 3 aromatic rings. The van der Waals surface area contributed by atoms with E-state index in [9.17, 15) is 5.11 Å². The molecule has 0 spiro atoms. The fraction of sp³-hybridized carbons (Fsp3) is 0.615. The molecule has 47 heavy (non-hydrogen) atoms. The van der Waals surface area contributed by atoms with Crippen molar-refractivity contribution in [2.24, 2.45) is 0 Å². The van der Waals surface area contributed by atoms with Crippen molar-refractivity contribution in [2.75, 3.05) is 51.5 Å². The molecule has 0 saturated carbocycles. The molecule has 0 amide bonds. The minimum atomic E-state index is -0.749. The fourth-order valence-corrected chi connectivity index (χ4v) is 5.51. The first-order chi connectivity index (χ1) is 22.6. The first kappa shape index (κ1) is 38.5. The Bertz CT molecular complexity index is 1260. The second-order valence-electron chi connectivity index (χ2n) is 13.2. The van der Waals surface area contributed by atoms with Gasteiger partial charge in [0.15, 0.2) is 0 Å². The van der Waals surface area contributed by atoms with Crippen LogP contribution in [0.25, 0.3) is 0 Å². The molecule has 5 rings (SSSR count). The van der Waals surface area contributed by atoms with Crippen molar-refractivity contribution in [3.63, 3.8) is 0 Å². The highest BCUT2D eigenvalue weighted by atomic mass is 16.5. The van der Waals surface area contributed by atoms with Crippen LogP contribution in [0.5, 0.6) is 0 Å². The van der Waals surface area contributed by atoms with Gasteiger partial charge in [-0.25, -0.2) is 0 Å². The lowest BCUT2D eigenvalue weighted by molar-refractivity contribution is -0.0100. The van der Waals surface area contributed by atoms with Crippen molar-refractivity contribution in [3.8, 4) is 0 Å². The lowest BCUT2D eigenvalue weighted by atomic mass is 9.92. The molecule has 3 aromatic heterocycles. The maximum Gasteiger partial charge on any atom is 0.0983 e. The maximum absolute atomic E-state index is 10.0. The topological polar surface area (TPSA) is 89.8 Å². The van der Waals surface area contributed by atoms with Gasteiger partial charge >= 0.3 is 0 Å². The van der Waals surface area contributed by atoms with Crippen LogP contribution in [0.2, 0.25) is 0 Å². The third-order valence-corrected chi connectivity index (χ3v) is 9.34. The van der Waals surface area contributed by atoms with Crippen LogP contribution in [0.3, 0.4) is 0 Å². The van der Waals surface area contributed by atoms with E-state index in [1.54, 1.807) is 13.3 Å². The number of nitrogens with zero attached hydrogens (tertiary/aromatic N) is 4. The molecule has 2 aliphatic heterocycles. The molecule has 3 atom stereocenters. The predicted octanol–water partition coefficient (Wildman–Crippen LogP) is 7.81. The first-order valence-electron chi connectivity index (χ1n) is 17.6. The Kier molecular flexibility index (Phi) is 16.2. The predicted molar refractivity (Wildman–Crippen MR) is 191 cm³/mol. The SMILES string of the molecule is CC(C)c1ccc(C2CCOCC2)cn1.CCC(C)c1ccc(C(C)(O)CC)cn1.CCc1ccc(N2CCOC(COC)C2)cn1. The molecule has 8 nitrogen and oxygen atoms in total. The summed E-state index contributed by atoms with van der Waals surface area (Å²) in [7, 11) is 1.71. The number of ether oxygens (including phenoxy) is 3. The minimum Gasteiger partial charge on any atom is -0.385 e. The van der Waals surface area contributed by atoms with E-state index >= 15 is 0 Å². The summed E-state index contributed by atoms with van der Waals surface area (Å²) in [5.74, 6) is 1.67. The Morgan fingerprint density at radius 2 is 1.64 bits per heavy atom. The first-order valence-corrected chi connectivity index (χ1v) is 17.6. The third kappa shape index (κ3) is 12.2. The second-order valence-corrected chi connectivity index (χ2v) is 13.2. The molecule has 8 heteroatoms. The van der Waals surface area contributed by atoms with Gasteiger partial charge in [0.2, 0.25) is 0 Å². The van der Waals surface area contributed by atoms with E-state index in [4.69, 9.17) is 14.2 Å². The molecular weight excluding hydrogens is 588 g/mol. The van der Waals surface area contributed by atoms with Crippen molar-refractivity contribution >= 4 is 5.69 Å². The van der Waals surface area contributed by atoms with Crippen molar-refractivity contribution < 1.29 is 19.3 Å². The van der Waals surface area contributed by atoms with Gasteiger partial charge in [-0.3, -0.25) is 15.0 Å². The van der Waals surface area contributed by atoms with Crippen LogP contribution in [-0.4, -0.2) is 72.8 Å². The molecule has 0 bridgehead atoms. The van der Waals surface area contributed by atoms with E-state index in [0.29, 0.717) is 30.8 Å². The molecule has 0 radical (unpaired) electrons. The van der Waals surface area contributed by atoms with Crippen molar-refractivity contribution in [1.82, 2.24) is 15.0 Å². The number of hydrogen-bond donors (Lipinski definition) is 1. The lowest BCUT2D eigenvalue weighted by Gasteiger charge is -2.34. The van der Waals surface area contributed by atoms with Crippen LogP contribution in [0.4, 0.5) is 5.69 Å². The van der Waals surface area contributed by atoms with Gasteiger partial charge < -0.3 is 24.2 Å². The van der Waals surface area contributed by atoms with Crippen LogP contribution in [0.1, 0.15) is 120 Å². The van der Waals surface area contributed by atoms with Crippen molar-refractivity contribution in [1.29, 1.82) is 0 Å². The van der Waals surface area contributed by atoms with E-state index in [0.717, 1.165) is 75.5 Å². The molecule has 2 fully saturated rings. The Labute approximate surface area is 284 Å². The largest absolute Gasteiger partial charge is 0.385 e. The van der Waals surface area contributed by atoms with Crippen LogP contribution < -0.4 is 4.90 Å². The minimum absolute atomic E-state index is 0.166. The van der Waals surface area contributed by atoms with Gasteiger partial charge in [-0.2, -0.15) is 0 Å². The normalized spacial score (nSPS) is 18.8. The number of aliphatic hydroxyl groups is 1. The third-order valence-electron chi connectivity index (χ3n) is 9.34. The van der Waals surface area contributed by atoms with Crippen LogP contribution >= 0.6 is 0 Å². The van der Waals surface area contributed by atoms with E-state index < -0.39 is 5.60 Å². The average Bonchev–Trinajstić information content (AvgIpc) is 3.12. The summed E-state index contributed by atoms with van der Waals surface area (Å²) < 4.78 is 16.1. The standard InChI is InChI=1S/C13H20N2O2.C13H19NO.C13H21NO/c1-3-11-4-5-12(8-14-11)15-6-7-17-13(9-15)10-16-2;1-10(2)13-4-3-12(9-14-13)11-5-7-15-8-6-11;1-5-10(3)12-8-7-11(9-14-12)13(4,15)6-2/h4-5,8,13H,3,6-7,9-10H2,1-2H3;3-4,9-11H,5-8H2,1-2H3;7-10,15H,5-6H2,1-4H3. The summed E-state index contributed by atoms with van der Waals surface area (Å²) in [6.45, 7) is 19.6. The summed E-state index contributed by atoms with van der Waals surface area (Å²) in [5.41, 5.74) is 6.13. The number of aromatic nitrogens is 3. The zero-order chi connectivity index (χ0) is 34.2. The number of rotatable bonds is 10. The van der Waals surface area contributed by atoms with Gasteiger partial charge in [-0.1, -0.05) is 53.7 Å². The summed E-state index contributed by atoms with van der Waals surface area (Å²) >= 11 is 0. The molecule has 2 aliphatic rings. The fourth-order valence-electron chi connectivity index (χ4n) is 5.51.